The molecule has 2 aliphatic rings. The van der Waals surface area contributed by atoms with Crippen LogP contribution in [0.4, 0.5) is 69.2 Å². The van der Waals surface area contributed by atoms with Gasteiger partial charge in [0.05, 0.1) is 10.8 Å². The molecule has 12 aromatic rings. The zero-order chi connectivity index (χ0) is 60.6. The van der Waals surface area contributed by atoms with Gasteiger partial charge in [0.1, 0.15) is 34.6 Å². The van der Waals surface area contributed by atoms with Gasteiger partial charge in [0, 0.05) is 47.0 Å². The Morgan fingerprint density at radius 3 is 0.898 bits per heavy atom. The fourth-order valence-corrected chi connectivity index (χ4v) is 13.4. The van der Waals surface area contributed by atoms with Gasteiger partial charge in [-0.15, -0.1) is 0 Å². The van der Waals surface area contributed by atoms with Crippen LogP contribution in [-0.4, -0.2) is 0 Å². The number of fused-ring (bicyclic) bond motifs is 6. The van der Waals surface area contributed by atoms with E-state index in [4.69, 9.17) is 0 Å². The van der Waals surface area contributed by atoms with Crippen LogP contribution >= 0.6 is 0 Å². The number of rotatable bonds is 13. The molecule has 0 fully saturated rings. The van der Waals surface area contributed by atoms with Gasteiger partial charge in [-0.05, 0) is 162 Å². The Balaban J connectivity index is 0.887. The number of anilines is 6. The van der Waals surface area contributed by atoms with Crippen molar-refractivity contribution in [2.45, 2.75) is 10.8 Å². The summed E-state index contributed by atoms with van der Waals surface area (Å²) < 4.78 is 125. The van der Waals surface area contributed by atoms with E-state index in [1.54, 1.807) is 97.1 Å². The van der Waals surface area contributed by atoms with E-state index in [2.05, 4.69) is 13.2 Å². The Morgan fingerprint density at radius 1 is 0.273 bits per heavy atom. The minimum Gasteiger partial charge on any atom is -0.305 e. The number of benzene rings is 12. The molecule has 0 heterocycles. The molecule has 2 aliphatic carbocycles. The van der Waals surface area contributed by atoms with Crippen molar-refractivity contribution in [2.75, 3.05) is 9.80 Å². The van der Waals surface area contributed by atoms with Crippen LogP contribution in [0, 0.1) is 46.5 Å². The largest absolute Gasteiger partial charge is 0.305 e. The maximum atomic E-state index is 16.5. The van der Waals surface area contributed by atoms with Crippen molar-refractivity contribution in [3.8, 4) is 33.4 Å². The zero-order valence-corrected chi connectivity index (χ0v) is 46.7. The van der Waals surface area contributed by atoms with Crippen LogP contribution in [0.15, 0.2) is 268 Å². The van der Waals surface area contributed by atoms with Gasteiger partial charge in [-0.2, -0.15) is 0 Å². The lowest BCUT2D eigenvalue weighted by Crippen LogP contribution is -2.29. The van der Waals surface area contributed by atoms with Crippen LogP contribution in [-0.2, 0) is 10.8 Å². The molecular formula is C78H48F8N2. The highest BCUT2D eigenvalue weighted by atomic mass is 19.2. The predicted molar refractivity (Wildman–Crippen MR) is 336 cm³/mol. The number of nitrogens with zero attached hydrogens (tertiary/aromatic N) is 2. The molecule has 0 spiro atoms. The first-order chi connectivity index (χ1) is 42.8. The molecule has 0 N–H and O–H groups in total. The van der Waals surface area contributed by atoms with Gasteiger partial charge < -0.3 is 9.80 Å². The quantitative estimate of drug-likeness (QED) is 0.106. The molecule has 2 nitrogen and oxygen atoms in total. The smallest absolute Gasteiger partial charge is 0.153 e. The third-order valence-electron chi connectivity index (χ3n) is 17.3. The first kappa shape index (κ1) is 55.1. The van der Waals surface area contributed by atoms with Gasteiger partial charge in [0.25, 0.3) is 0 Å². The lowest BCUT2D eigenvalue weighted by atomic mass is 9.67. The van der Waals surface area contributed by atoms with Gasteiger partial charge in [0.2, 0.25) is 0 Å². The van der Waals surface area contributed by atoms with Crippen LogP contribution in [0.25, 0.3) is 45.5 Å². The summed E-state index contributed by atoms with van der Waals surface area (Å²) in [6.07, 6.45) is 3.48. The van der Waals surface area contributed by atoms with Crippen LogP contribution in [0.5, 0.6) is 0 Å². The van der Waals surface area contributed by atoms with Crippen molar-refractivity contribution >= 4 is 46.3 Å². The summed E-state index contributed by atoms with van der Waals surface area (Å²) in [5, 5.41) is 0. The summed E-state index contributed by atoms with van der Waals surface area (Å²) in [4.78, 5) is 2.80. The standard InChI is InChI=1S/C78H48F8N2/c1-3-47-13-21-51(22-14-47)77(53-25-29-55(79)30-26-53)67-11-7-5-9-63(67)65-39-37-61(45-69(65)77)87(75-71(83)41-57(81)42-72(75)84)59-33-17-49(18-34-59)50-19-35-60(36-20-50)88(76-73(85)43-58(82)44-74(76)86)62-38-40-66-64-10-6-8-12-68(64)78(70(66)46-62,54-27-31-56(80)32-28-54)52-23-15-48(4-2)16-24-52/h3-46H,1-2H2. The molecule has 10 heteroatoms. The van der Waals surface area contributed by atoms with Crippen molar-refractivity contribution in [3.05, 3.63) is 370 Å². The Labute approximate surface area is 503 Å². The SMILES string of the molecule is C=Cc1ccc(C2(c3ccc(F)cc3)c3ccccc3-c3ccc(N(c4ccc(-c5ccc(N(c6ccc7c(c6)C(c6ccc(F)cc6)(c6ccc(C=C)cc6)c6ccccc6-7)c6c(F)cc(F)cc6F)cc5)cc4)c4c(F)cc(F)cc4F)cc32)cc1. The van der Waals surface area contributed by atoms with Crippen LogP contribution in [0.3, 0.4) is 0 Å². The summed E-state index contributed by atoms with van der Waals surface area (Å²) in [5.74, 6) is -7.65. The maximum absolute atomic E-state index is 16.5. The maximum Gasteiger partial charge on any atom is 0.153 e. The summed E-state index contributed by atoms with van der Waals surface area (Å²) in [6.45, 7) is 7.89. The minimum atomic E-state index is -1.15. The third kappa shape index (κ3) is 8.77. The number of hydrogen-bond donors (Lipinski definition) is 0. The Bertz CT molecular complexity index is 4390. The molecule has 0 amide bonds. The van der Waals surface area contributed by atoms with Crippen molar-refractivity contribution in [1.29, 1.82) is 0 Å². The average molecular weight is 1170 g/mol. The molecule has 0 bridgehead atoms. The average Bonchev–Trinajstić information content (AvgIpc) is 1.55. The molecule has 0 aromatic heterocycles. The molecule has 0 saturated heterocycles. The molecule has 2 unspecified atom stereocenters. The van der Waals surface area contributed by atoms with E-state index >= 15 is 17.6 Å². The second-order valence-corrected chi connectivity index (χ2v) is 21.9. The van der Waals surface area contributed by atoms with Crippen molar-refractivity contribution in [3.63, 3.8) is 0 Å². The molecule has 0 aliphatic heterocycles. The van der Waals surface area contributed by atoms with E-state index in [1.807, 2.05) is 121 Å². The second kappa shape index (κ2) is 21.6. The molecule has 0 radical (unpaired) electrons. The van der Waals surface area contributed by atoms with E-state index in [0.29, 0.717) is 58.1 Å². The molecule has 12 aromatic carbocycles. The van der Waals surface area contributed by atoms with Crippen LogP contribution < -0.4 is 9.80 Å². The van der Waals surface area contributed by atoms with Gasteiger partial charge in [-0.1, -0.05) is 183 Å². The highest BCUT2D eigenvalue weighted by molar-refractivity contribution is 5.92. The van der Waals surface area contributed by atoms with Crippen LogP contribution in [0.1, 0.15) is 55.6 Å². The Kier molecular flexibility index (Phi) is 13.5. The Hall–Kier alpha value is -10.8. The second-order valence-electron chi connectivity index (χ2n) is 21.9. The Morgan fingerprint density at radius 2 is 0.568 bits per heavy atom. The molecular weight excluding hydrogens is 1120 g/mol. The number of hydrogen-bond acceptors (Lipinski definition) is 2. The highest BCUT2D eigenvalue weighted by Gasteiger charge is 2.48. The predicted octanol–water partition coefficient (Wildman–Crippen LogP) is 21.4. The summed E-state index contributed by atoms with van der Waals surface area (Å²) in [5.41, 5.74) is 11.1. The van der Waals surface area contributed by atoms with Gasteiger partial charge >= 0.3 is 0 Å². The minimum absolute atomic E-state index is 0.309. The molecule has 88 heavy (non-hydrogen) atoms. The molecule has 0 saturated carbocycles. The fourth-order valence-electron chi connectivity index (χ4n) is 13.4. The fraction of sp³-hybridized carbons (Fsp3) is 0.0256. The van der Waals surface area contributed by atoms with Crippen molar-refractivity contribution in [2.24, 2.45) is 0 Å². The lowest BCUT2D eigenvalue weighted by molar-refractivity contribution is 0.544. The van der Waals surface area contributed by atoms with E-state index in [0.717, 1.165) is 77.9 Å². The van der Waals surface area contributed by atoms with Gasteiger partial charge in [-0.25, -0.2) is 35.1 Å². The van der Waals surface area contributed by atoms with Crippen molar-refractivity contribution in [1.82, 2.24) is 0 Å². The van der Waals surface area contributed by atoms with Gasteiger partial charge in [-0.3, -0.25) is 0 Å². The summed E-state index contributed by atoms with van der Waals surface area (Å²) in [6, 6.07) is 71.6. The lowest BCUT2D eigenvalue weighted by Gasteiger charge is -2.35. The van der Waals surface area contributed by atoms with Crippen LogP contribution in [0.2, 0.25) is 0 Å². The first-order valence-corrected chi connectivity index (χ1v) is 28.4. The third-order valence-corrected chi connectivity index (χ3v) is 17.3. The highest BCUT2D eigenvalue weighted by Crippen LogP contribution is 2.60. The van der Waals surface area contributed by atoms with E-state index in [-0.39, 0.29) is 0 Å². The van der Waals surface area contributed by atoms with Gasteiger partial charge in [0.15, 0.2) is 23.3 Å². The molecule has 14 rings (SSSR count). The zero-order valence-electron chi connectivity index (χ0n) is 46.7. The topological polar surface area (TPSA) is 6.48 Å². The normalized spacial score (nSPS) is 15.2. The first-order valence-electron chi connectivity index (χ1n) is 28.4. The van der Waals surface area contributed by atoms with E-state index in [9.17, 15) is 17.6 Å². The van der Waals surface area contributed by atoms with E-state index < -0.39 is 68.7 Å². The van der Waals surface area contributed by atoms with Crippen molar-refractivity contribution < 1.29 is 35.1 Å². The summed E-state index contributed by atoms with van der Waals surface area (Å²) in [7, 11) is 0. The molecule has 2 atom stereocenters. The summed E-state index contributed by atoms with van der Waals surface area (Å²) >= 11 is 0. The number of halogens is 8. The molecule has 426 valence electrons. The van der Waals surface area contributed by atoms with E-state index in [1.165, 1.54) is 34.1 Å². The monoisotopic (exact) mass is 1160 g/mol.